The van der Waals surface area contributed by atoms with Crippen molar-refractivity contribution in [2.75, 3.05) is 6.54 Å². The number of halogens is 2. The number of carbonyl (C=O) groups excluding carboxylic acids is 1. The Labute approximate surface area is 119 Å². The number of hydrogen-bond acceptors (Lipinski definition) is 4. The second kappa shape index (κ2) is 7.51. The molecule has 0 unspecified atom stereocenters. The third kappa shape index (κ3) is 3.80. The van der Waals surface area contributed by atoms with Crippen LogP contribution in [0, 0.1) is 0 Å². The summed E-state index contributed by atoms with van der Waals surface area (Å²) in [5.41, 5.74) is 5.87. The maximum absolute atomic E-state index is 11.9. The van der Waals surface area contributed by atoms with Gasteiger partial charge in [0.25, 0.3) is 5.91 Å². The van der Waals surface area contributed by atoms with Crippen LogP contribution in [-0.2, 0) is 0 Å². The van der Waals surface area contributed by atoms with Crippen LogP contribution in [0.4, 0.5) is 0 Å². The first-order valence-corrected chi connectivity index (χ1v) is 5.54. The predicted molar refractivity (Wildman–Crippen MR) is 74.2 cm³/mol. The first kappa shape index (κ1) is 17.1. The summed E-state index contributed by atoms with van der Waals surface area (Å²) < 4.78 is 0. The fourth-order valence-corrected chi connectivity index (χ4v) is 2.15. The molecule has 0 spiro atoms. The van der Waals surface area contributed by atoms with Crippen molar-refractivity contribution in [2.24, 2.45) is 5.73 Å². The fourth-order valence-electron chi connectivity index (χ4n) is 2.15. The van der Waals surface area contributed by atoms with Gasteiger partial charge in [-0.05, 0) is 12.8 Å². The van der Waals surface area contributed by atoms with E-state index in [2.05, 4.69) is 15.3 Å². The van der Waals surface area contributed by atoms with Crippen molar-refractivity contribution in [3.8, 4) is 0 Å². The van der Waals surface area contributed by atoms with E-state index < -0.39 is 0 Å². The average Bonchev–Trinajstić information content (AvgIpc) is 2.79. The van der Waals surface area contributed by atoms with Gasteiger partial charge in [0.1, 0.15) is 5.69 Å². The van der Waals surface area contributed by atoms with Crippen molar-refractivity contribution in [3.63, 3.8) is 0 Å². The summed E-state index contributed by atoms with van der Waals surface area (Å²) in [6.45, 7) is 0.485. The lowest BCUT2D eigenvalue weighted by atomic mass is 9.97. The minimum atomic E-state index is -0.228. The zero-order valence-electron chi connectivity index (χ0n) is 9.96. The number of amides is 1. The second-order valence-electron chi connectivity index (χ2n) is 4.24. The van der Waals surface area contributed by atoms with Gasteiger partial charge in [0.15, 0.2) is 0 Å². The Bertz CT molecular complexity index is 369. The molecule has 5 nitrogen and oxygen atoms in total. The van der Waals surface area contributed by atoms with Gasteiger partial charge in [-0.2, -0.15) is 0 Å². The molecule has 0 bridgehead atoms. The number of aromatic nitrogens is 2. The maximum Gasteiger partial charge on any atom is 0.271 e. The fraction of sp³-hybridized carbons (Fsp3) is 0.545. The van der Waals surface area contributed by atoms with E-state index >= 15 is 0 Å². The van der Waals surface area contributed by atoms with Gasteiger partial charge in [-0.25, -0.2) is 4.98 Å². The summed E-state index contributed by atoms with van der Waals surface area (Å²) in [7, 11) is 0. The molecule has 0 atom stereocenters. The second-order valence-corrected chi connectivity index (χ2v) is 4.24. The Morgan fingerprint density at radius 1 is 1.33 bits per heavy atom. The first-order chi connectivity index (χ1) is 7.76. The number of hydrogen-bond donors (Lipinski definition) is 2. The highest BCUT2D eigenvalue weighted by Gasteiger charge is 2.34. The molecule has 0 aliphatic heterocycles. The number of nitrogens with two attached hydrogens (primary N) is 1. The van der Waals surface area contributed by atoms with E-state index in [0.29, 0.717) is 12.2 Å². The van der Waals surface area contributed by atoms with Gasteiger partial charge in [-0.1, -0.05) is 12.8 Å². The van der Waals surface area contributed by atoms with E-state index in [1.165, 1.54) is 12.4 Å². The summed E-state index contributed by atoms with van der Waals surface area (Å²) in [5, 5.41) is 2.99. The molecule has 1 fully saturated rings. The van der Waals surface area contributed by atoms with Crippen molar-refractivity contribution in [3.05, 3.63) is 24.3 Å². The molecule has 7 heteroatoms. The van der Waals surface area contributed by atoms with Crippen LogP contribution in [0.3, 0.4) is 0 Å². The lowest BCUT2D eigenvalue weighted by molar-refractivity contribution is 0.0897. The largest absolute Gasteiger partial charge is 0.344 e. The Morgan fingerprint density at radius 3 is 2.50 bits per heavy atom. The quantitative estimate of drug-likeness (QED) is 0.880. The number of nitrogens with zero attached hydrogens (tertiary/aromatic N) is 2. The topological polar surface area (TPSA) is 80.9 Å². The van der Waals surface area contributed by atoms with Crippen molar-refractivity contribution < 1.29 is 4.79 Å². The van der Waals surface area contributed by atoms with E-state index in [0.717, 1.165) is 25.7 Å². The zero-order valence-corrected chi connectivity index (χ0v) is 11.6. The normalized spacial score (nSPS) is 16.3. The highest BCUT2D eigenvalue weighted by atomic mass is 35.5. The molecule has 18 heavy (non-hydrogen) atoms. The Kier molecular flexibility index (Phi) is 7.13. The highest BCUT2D eigenvalue weighted by molar-refractivity contribution is 5.92. The molecule has 1 aliphatic carbocycles. The van der Waals surface area contributed by atoms with E-state index in [1.807, 2.05) is 0 Å². The van der Waals surface area contributed by atoms with Crippen molar-refractivity contribution in [1.29, 1.82) is 0 Å². The minimum absolute atomic E-state index is 0. The molecule has 0 saturated heterocycles. The van der Waals surface area contributed by atoms with Gasteiger partial charge in [0, 0.05) is 18.9 Å². The van der Waals surface area contributed by atoms with E-state index in [9.17, 15) is 4.79 Å². The molecule has 0 radical (unpaired) electrons. The third-order valence-electron chi connectivity index (χ3n) is 3.13. The molecule has 1 aromatic heterocycles. The monoisotopic (exact) mass is 292 g/mol. The molecular weight excluding hydrogens is 275 g/mol. The molecule has 1 heterocycles. The van der Waals surface area contributed by atoms with Crippen LogP contribution in [0.5, 0.6) is 0 Å². The molecule has 1 aliphatic rings. The van der Waals surface area contributed by atoms with Crippen LogP contribution in [0.2, 0.25) is 0 Å². The minimum Gasteiger partial charge on any atom is -0.344 e. The summed E-state index contributed by atoms with van der Waals surface area (Å²) in [4.78, 5) is 19.7. The van der Waals surface area contributed by atoms with Crippen LogP contribution in [0.25, 0.3) is 0 Å². The van der Waals surface area contributed by atoms with Gasteiger partial charge < -0.3 is 11.1 Å². The number of nitrogens with one attached hydrogen (secondary N) is 1. The van der Waals surface area contributed by atoms with Crippen molar-refractivity contribution in [2.45, 2.75) is 31.2 Å². The van der Waals surface area contributed by atoms with Crippen LogP contribution >= 0.6 is 24.8 Å². The van der Waals surface area contributed by atoms with Gasteiger partial charge >= 0.3 is 0 Å². The van der Waals surface area contributed by atoms with E-state index in [4.69, 9.17) is 5.73 Å². The van der Waals surface area contributed by atoms with Crippen molar-refractivity contribution >= 4 is 30.7 Å². The maximum atomic E-state index is 11.9. The number of rotatable bonds is 3. The highest BCUT2D eigenvalue weighted by Crippen LogP contribution is 2.28. The molecule has 0 aromatic carbocycles. The van der Waals surface area contributed by atoms with Crippen LogP contribution in [0.1, 0.15) is 36.2 Å². The number of carbonyl (C=O) groups is 1. The smallest absolute Gasteiger partial charge is 0.271 e. The molecule has 1 saturated carbocycles. The predicted octanol–water partition coefficient (Wildman–Crippen LogP) is 1.32. The van der Waals surface area contributed by atoms with Gasteiger partial charge in [-0.3, -0.25) is 9.78 Å². The average molecular weight is 293 g/mol. The van der Waals surface area contributed by atoms with Gasteiger partial charge in [0.2, 0.25) is 0 Å². The molecule has 2 rings (SSSR count). The summed E-state index contributed by atoms with van der Waals surface area (Å²) in [5.74, 6) is -0.180. The lowest BCUT2D eigenvalue weighted by Gasteiger charge is -2.28. The molecule has 3 N–H and O–H groups in total. The van der Waals surface area contributed by atoms with Crippen LogP contribution in [0.15, 0.2) is 18.6 Å². The van der Waals surface area contributed by atoms with Gasteiger partial charge in [0.05, 0.1) is 11.7 Å². The summed E-state index contributed by atoms with van der Waals surface area (Å²) in [6.07, 6.45) is 8.68. The van der Waals surface area contributed by atoms with Crippen molar-refractivity contribution in [1.82, 2.24) is 15.3 Å². The summed E-state index contributed by atoms with van der Waals surface area (Å²) >= 11 is 0. The van der Waals surface area contributed by atoms with Crippen LogP contribution in [-0.4, -0.2) is 28.0 Å². The SMILES string of the molecule is Cl.Cl.NCC1(NC(=O)c2cnccn2)CCCC1. The van der Waals surface area contributed by atoms with Crippen LogP contribution < -0.4 is 11.1 Å². The summed E-state index contributed by atoms with van der Waals surface area (Å²) in [6, 6.07) is 0. The Balaban J connectivity index is 0.00000144. The molecule has 1 aromatic rings. The molecule has 102 valence electrons. The third-order valence-corrected chi connectivity index (χ3v) is 3.13. The zero-order chi connectivity index (χ0) is 11.4. The first-order valence-electron chi connectivity index (χ1n) is 5.54. The lowest BCUT2D eigenvalue weighted by Crippen LogP contribution is -2.51. The molecule has 1 amide bonds. The van der Waals surface area contributed by atoms with E-state index in [-0.39, 0.29) is 36.3 Å². The standard InChI is InChI=1S/C11H16N4O.2ClH/c12-8-11(3-1-2-4-11)15-10(16)9-7-13-5-6-14-9;;/h5-7H,1-4,8,12H2,(H,15,16);2*1H. The molecular formula is C11H18Cl2N4O. The Morgan fingerprint density at radius 2 is 2.00 bits per heavy atom. The Hall–Kier alpha value is -0.910. The van der Waals surface area contributed by atoms with E-state index in [1.54, 1.807) is 6.20 Å². The van der Waals surface area contributed by atoms with Gasteiger partial charge in [-0.15, -0.1) is 24.8 Å².